The van der Waals surface area contributed by atoms with Crippen molar-refractivity contribution in [3.63, 3.8) is 0 Å². The van der Waals surface area contributed by atoms with Crippen molar-refractivity contribution in [3.05, 3.63) is 29.8 Å². The van der Waals surface area contributed by atoms with Gasteiger partial charge in [-0.2, -0.15) is 5.26 Å². The second kappa shape index (κ2) is 5.34. The number of cyclic esters (lactones) is 1. The fraction of sp³-hybridized carbons (Fsp3) is 0.438. The lowest BCUT2D eigenvalue weighted by atomic mass is 10.0. The van der Waals surface area contributed by atoms with E-state index in [0.717, 1.165) is 6.42 Å². The maximum Gasteiger partial charge on any atom is 0.330 e. The van der Waals surface area contributed by atoms with Crippen LogP contribution in [0.25, 0.3) is 0 Å². The quantitative estimate of drug-likeness (QED) is 0.785. The maximum atomic E-state index is 12.5. The molecule has 0 aromatic heterocycles. The summed E-state index contributed by atoms with van der Waals surface area (Å²) < 4.78 is 10.9. The van der Waals surface area contributed by atoms with E-state index in [1.165, 1.54) is 0 Å². The number of nitrogens with zero attached hydrogens (tertiary/aromatic N) is 2. The van der Waals surface area contributed by atoms with Gasteiger partial charge in [-0.1, -0.05) is 0 Å². The standard InChI is InChI=1S/C16H16N2O4/c1-16(10-21-12-6-4-11(9-17)5-7-12)15(20)18-8-2-3-13(18)14(19)22-16/h4-7,13H,2-3,8,10H2,1H3/t13-,16-/m1/s1. The molecule has 114 valence electrons. The number of amides is 1. The molecule has 0 N–H and O–H groups in total. The van der Waals surface area contributed by atoms with E-state index in [-0.39, 0.29) is 18.5 Å². The summed E-state index contributed by atoms with van der Waals surface area (Å²) in [5.41, 5.74) is -0.773. The van der Waals surface area contributed by atoms with Crippen LogP contribution in [0, 0.1) is 11.3 Å². The van der Waals surface area contributed by atoms with Crippen LogP contribution >= 0.6 is 0 Å². The van der Waals surface area contributed by atoms with Crippen LogP contribution in [-0.4, -0.2) is 41.6 Å². The Bertz CT molecular complexity index is 649. The van der Waals surface area contributed by atoms with E-state index in [2.05, 4.69) is 0 Å². The Balaban J connectivity index is 1.71. The van der Waals surface area contributed by atoms with E-state index < -0.39 is 11.6 Å². The highest BCUT2D eigenvalue weighted by Gasteiger charge is 2.52. The van der Waals surface area contributed by atoms with Crippen LogP contribution < -0.4 is 4.74 Å². The lowest BCUT2D eigenvalue weighted by Crippen LogP contribution is -2.61. The van der Waals surface area contributed by atoms with Crippen LogP contribution in [0.15, 0.2) is 24.3 Å². The van der Waals surface area contributed by atoms with E-state index in [0.29, 0.717) is 24.3 Å². The molecule has 0 radical (unpaired) electrons. The van der Waals surface area contributed by atoms with Crippen LogP contribution in [0.3, 0.4) is 0 Å². The molecular weight excluding hydrogens is 284 g/mol. The smallest absolute Gasteiger partial charge is 0.330 e. The molecular formula is C16H16N2O4. The van der Waals surface area contributed by atoms with Gasteiger partial charge in [-0.25, -0.2) is 4.79 Å². The number of carbonyl (C=O) groups excluding carboxylic acids is 2. The number of hydrogen-bond donors (Lipinski definition) is 0. The molecule has 1 amide bonds. The normalized spacial score (nSPS) is 27.1. The van der Waals surface area contributed by atoms with Crippen LogP contribution in [0.5, 0.6) is 5.75 Å². The summed E-state index contributed by atoms with van der Waals surface area (Å²) in [6, 6.07) is 8.14. The summed E-state index contributed by atoms with van der Waals surface area (Å²) in [7, 11) is 0. The minimum atomic E-state index is -1.30. The van der Waals surface area contributed by atoms with E-state index in [9.17, 15) is 9.59 Å². The van der Waals surface area contributed by atoms with Gasteiger partial charge in [0.1, 0.15) is 18.4 Å². The Morgan fingerprint density at radius 1 is 1.41 bits per heavy atom. The number of fused-ring (bicyclic) bond motifs is 1. The fourth-order valence-corrected chi connectivity index (χ4v) is 2.83. The van der Waals surface area contributed by atoms with Gasteiger partial charge in [-0.05, 0) is 44.0 Å². The summed E-state index contributed by atoms with van der Waals surface area (Å²) in [5.74, 6) is -0.0427. The molecule has 2 fully saturated rings. The first-order valence-electron chi connectivity index (χ1n) is 7.20. The third-order valence-electron chi connectivity index (χ3n) is 4.06. The van der Waals surface area contributed by atoms with Gasteiger partial charge in [0.2, 0.25) is 5.60 Å². The summed E-state index contributed by atoms with van der Waals surface area (Å²) in [5, 5.41) is 8.76. The van der Waals surface area contributed by atoms with E-state index in [1.54, 1.807) is 36.1 Å². The molecule has 0 aliphatic carbocycles. The molecule has 1 aromatic carbocycles. The van der Waals surface area contributed by atoms with Crippen LogP contribution in [-0.2, 0) is 14.3 Å². The first kappa shape index (κ1) is 14.4. The van der Waals surface area contributed by atoms with Crippen molar-refractivity contribution in [1.82, 2.24) is 4.90 Å². The average Bonchev–Trinajstić information content (AvgIpc) is 3.02. The number of benzene rings is 1. The highest BCUT2D eigenvalue weighted by atomic mass is 16.6. The lowest BCUT2D eigenvalue weighted by Gasteiger charge is -2.39. The van der Waals surface area contributed by atoms with Gasteiger partial charge in [-0.15, -0.1) is 0 Å². The van der Waals surface area contributed by atoms with E-state index >= 15 is 0 Å². The lowest BCUT2D eigenvalue weighted by molar-refractivity contribution is -0.191. The molecule has 2 atom stereocenters. The third kappa shape index (κ3) is 2.39. The van der Waals surface area contributed by atoms with Gasteiger partial charge in [0.05, 0.1) is 11.6 Å². The van der Waals surface area contributed by atoms with Crippen molar-refractivity contribution >= 4 is 11.9 Å². The fourth-order valence-electron chi connectivity index (χ4n) is 2.83. The summed E-state index contributed by atoms with van der Waals surface area (Å²) in [6.07, 6.45) is 1.48. The number of esters is 1. The van der Waals surface area contributed by atoms with Gasteiger partial charge >= 0.3 is 5.97 Å². The second-order valence-electron chi connectivity index (χ2n) is 5.73. The highest BCUT2D eigenvalue weighted by molar-refractivity contribution is 5.95. The molecule has 0 saturated carbocycles. The number of hydrogen-bond acceptors (Lipinski definition) is 5. The highest BCUT2D eigenvalue weighted by Crippen LogP contribution is 2.31. The van der Waals surface area contributed by atoms with Crippen molar-refractivity contribution < 1.29 is 19.1 Å². The summed E-state index contributed by atoms with van der Waals surface area (Å²) >= 11 is 0. The molecule has 0 spiro atoms. The van der Waals surface area contributed by atoms with Gasteiger partial charge in [0.25, 0.3) is 5.91 Å². The largest absolute Gasteiger partial charge is 0.489 e. The molecule has 2 aliphatic rings. The predicted octanol–water partition coefficient (Wildman–Crippen LogP) is 1.24. The van der Waals surface area contributed by atoms with Gasteiger partial charge in [-0.3, -0.25) is 4.79 Å². The summed E-state index contributed by atoms with van der Waals surface area (Å²) in [4.78, 5) is 26.1. The molecule has 3 rings (SSSR count). The third-order valence-corrected chi connectivity index (χ3v) is 4.06. The zero-order valence-electron chi connectivity index (χ0n) is 12.2. The van der Waals surface area contributed by atoms with Crippen molar-refractivity contribution in [3.8, 4) is 11.8 Å². The number of ether oxygens (including phenoxy) is 2. The second-order valence-corrected chi connectivity index (χ2v) is 5.73. The molecule has 2 heterocycles. The van der Waals surface area contributed by atoms with Crippen molar-refractivity contribution in [2.75, 3.05) is 13.2 Å². The SMILES string of the molecule is C[C@]1(COc2ccc(C#N)cc2)OC(=O)[C@H]2CCCN2C1=O. The number of rotatable bonds is 3. The molecule has 6 heteroatoms. The molecule has 22 heavy (non-hydrogen) atoms. The van der Waals surface area contributed by atoms with E-state index in [1.807, 2.05) is 6.07 Å². The van der Waals surface area contributed by atoms with Crippen LogP contribution in [0.1, 0.15) is 25.3 Å². The Labute approximate surface area is 128 Å². The number of nitriles is 1. The average molecular weight is 300 g/mol. The van der Waals surface area contributed by atoms with Gasteiger partial charge in [0, 0.05) is 6.54 Å². The monoisotopic (exact) mass is 300 g/mol. The Hall–Kier alpha value is -2.55. The van der Waals surface area contributed by atoms with Crippen molar-refractivity contribution in [2.24, 2.45) is 0 Å². The Kier molecular flexibility index (Phi) is 3.49. The molecule has 6 nitrogen and oxygen atoms in total. The number of morpholine rings is 1. The maximum absolute atomic E-state index is 12.5. The topological polar surface area (TPSA) is 79.6 Å². The minimum Gasteiger partial charge on any atom is -0.489 e. The molecule has 2 aliphatic heterocycles. The van der Waals surface area contributed by atoms with Crippen molar-refractivity contribution in [1.29, 1.82) is 5.26 Å². The first-order chi connectivity index (χ1) is 10.5. The number of carbonyl (C=O) groups is 2. The first-order valence-corrected chi connectivity index (χ1v) is 7.20. The van der Waals surface area contributed by atoms with Gasteiger partial charge in [0.15, 0.2) is 0 Å². The Morgan fingerprint density at radius 2 is 2.14 bits per heavy atom. The summed E-state index contributed by atoms with van der Waals surface area (Å²) in [6.45, 7) is 2.11. The van der Waals surface area contributed by atoms with Crippen LogP contribution in [0.2, 0.25) is 0 Å². The molecule has 1 aromatic rings. The Morgan fingerprint density at radius 3 is 2.82 bits per heavy atom. The minimum absolute atomic E-state index is 0.0489. The molecule has 0 unspecified atom stereocenters. The van der Waals surface area contributed by atoms with E-state index in [4.69, 9.17) is 14.7 Å². The molecule has 0 bridgehead atoms. The van der Waals surface area contributed by atoms with Crippen LogP contribution in [0.4, 0.5) is 0 Å². The molecule has 2 saturated heterocycles. The van der Waals surface area contributed by atoms with Crippen molar-refractivity contribution in [2.45, 2.75) is 31.4 Å². The van der Waals surface area contributed by atoms with Gasteiger partial charge < -0.3 is 14.4 Å². The predicted molar refractivity (Wildman–Crippen MR) is 75.9 cm³/mol. The zero-order valence-corrected chi connectivity index (χ0v) is 12.2. The zero-order chi connectivity index (χ0) is 15.7.